The summed E-state index contributed by atoms with van der Waals surface area (Å²) in [6, 6.07) is 4.12. The number of hydrogen-bond donors (Lipinski definition) is 3. The maximum Gasteiger partial charge on any atom is 0.326 e. The third kappa shape index (κ3) is 3.67. The van der Waals surface area contributed by atoms with E-state index < -0.39 is 17.9 Å². The number of carbonyl (C=O) groups is 2. The Morgan fingerprint density at radius 2 is 1.95 bits per heavy atom. The van der Waals surface area contributed by atoms with E-state index in [0.717, 1.165) is 32.1 Å². The van der Waals surface area contributed by atoms with E-state index in [1.165, 1.54) is 0 Å². The maximum atomic E-state index is 11.6. The van der Waals surface area contributed by atoms with Crippen LogP contribution < -0.4 is 11.1 Å². The predicted molar refractivity (Wildman–Crippen MR) is 81.6 cm³/mol. The standard InChI is InChI=1S/C15H19ClN2O3/c16-10-7-4-8-11(12(10)14(17)19)18-13(15(20)21)9-5-2-1-3-6-9/h4,7-9,13,18H,1-3,5-6H2,(H2,17,19)(H,20,21). The van der Waals surface area contributed by atoms with E-state index in [-0.39, 0.29) is 16.5 Å². The van der Waals surface area contributed by atoms with Gasteiger partial charge >= 0.3 is 5.97 Å². The molecule has 6 heteroatoms. The second-order valence-corrected chi connectivity index (χ2v) is 5.79. The molecule has 1 amide bonds. The van der Waals surface area contributed by atoms with Gasteiger partial charge in [-0.3, -0.25) is 4.79 Å². The molecule has 0 heterocycles. The number of carboxylic acids is 1. The van der Waals surface area contributed by atoms with Crippen molar-refractivity contribution in [3.8, 4) is 0 Å². The summed E-state index contributed by atoms with van der Waals surface area (Å²) in [4.78, 5) is 23.1. The number of amides is 1. The fraction of sp³-hybridized carbons (Fsp3) is 0.467. The molecule has 1 unspecified atom stereocenters. The molecule has 0 spiro atoms. The molecular weight excluding hydrogens is 292 g/mol. The molecule has 21 heavy (non-hydrogen) atoms. The average molecular weight is 311 g/mol. The van der Waals surface area contributed by atoms with Crippen molar-refractivity contribution < 1.29 is 14.7 Å². The summed E-state index contributed by atoms with van der Waals surface area (Å²) in [7, 11) is 0. The van der Waals surface area contributed by atoms with Crippen molar-refractivity contribution in [3.05, 3.63) is 28.8 Å². The molecule has 0 saturated heterocycles. The molecule has 114 valence electrons. The van der Waals surface area contributed by atoms with Gasteiger partial charge in [-0.05, 0) is 30.9 Å². The molecule has 1 aromatic carbocycles. The normalized spacial score (nSPS) is 17.2. The lowest BCUT2D eigenvalue weighted by Gasteiger charge is -2.29. The van der Waals surface area contributed by atoms with Crippen LogP contribution in [0.4, 0.5) is 5.69 Å². The third-order valence-electron chi connectivity index (χ3n) is 3.96. The Balaban J connectivity index is 2.27. The van der Waals surface area contributed by atoms with Crippen LogP contribution >= 0.6 is 11.6 Å². The molecule has 1 atom stereocenters. The van der Waals surface area contributed by atoms with Crippen molar-refractivity contribution in [3.63, 3.8) is 0 Å². The molecule has 1 saturated carbocycles. The van der Waals surface area contributed by atoms with Crippen molar-refractivity contribution in [1.29, 1.82) is 0 Å². The van der Waals surface area contributed by atoms with Crippen molar-refractivity contribution in [2.75, 3.05) is 5.32 Å². The van der Waals surface area contributed by atoms with Crippen LogP contribution in [-0.2, 0) is 4.79 Å². The minimum atomic E-state index is -0.919. The number of nitrogens with two attached hydrogens (primary N) is 1. The number of primary amides is 1. The fourth-order valence-corrected chi connectivity index (χ4v) is 3.18. The number of rotatable bonds is 5. The summed E-state index contributed by atoms with van der Waals surface area (Å²) in [6.07, 6.45) is 4.96. The fourth-order valence-electron chi connectivity index (χ4n) is 2.91. The van der Waals surface area contributed by atoms with Crippen LogP contribution in [0.3, 0.4) is 0 Å². The van der Waals surface area contributed by atoms with E-state index in [2.05, 4.69) is 5.32 Å². The van der Waals surface area contributed by atoms with E-state index in [4.69, 9.17) is 17.3 Å². The van der Waals surface area contributed by atoms with Gasteiger partial charge in [-0.1, -0.05) is 36.9 Å². The Kier molecular flexibility index (Phi) is 5.07. The van der Waals surface area contributed by atoms with E-state index in [1.807, 2.05) is 0 Å². The molecule has 5 nitrogen and oxygen atoms in total. The molecule has 4 N–H and O–H groups in total. The quantitative estimate of drug-likeness (QED) is 0.779. The molecule has 0 aromatic heterocycles. The molecular formula is C15H19ClN2O3. The zero-order valence-corrected chi connectivity index (χ0v) is 12.4. The first-order valence-electron chi connectivity index (χ1n) is 7.08. The highest BCUT2D eigenvalue weighted by atomic mass is 35.5. The van der Waals surface area contributed by atoms with Gasteiger partial charge in [0.05, 0.1) is 10.6 Å². The van der Waals surface area contributed by atoms with Crippen LogP contribution in [0.15, 0.2) is 18.2 Å². The molecule has 0 bridgehead atoms. The molecule has 1 aliphatic rings. The summed E-state index contributed by atoms with van der Waals surface area (Å²) < 4.78 is 0. The molecule has 2 rings (SSSR count). The minimum Gasteiger partial charge on any atom is -0.480 e. The SMILES string of the molecule is NC(=O)c1c(Cl)cccc1NC(C(=O)O)C1CCCCC1. The van der Waals surface area contributed by atoms with Crippen LogP contribution in [0.1, 0.15) is 42.5 Å². The number of aliphatic carboxylic acids is 1. The first kappa shape index (κ1) is 15.6. The van der Waals surface area contributed by atoms with Crippen LogP contribution in [0.2, 0.25) is 5.02 Å². The lowest BCUT2D eigenvalue weighted by atomic mass is 9.83. The Hall–Kier alpha value is -1.75. The van der Waals surface area contributed by atoms with Crippen LogP contribution in [-0.4, -0.2) is 23.0 Å². The number of carbonyl (C=O) groups excluding carboxylic acids is 1. The summed E-state index contributed by atoms with van der Waals surface area (Å²) in [5.41, 5.74) is 5.86. The van der Waals surface area contributed by atoms with E-state index >= 15 is 0 Å². The van der Waals surface area contributed by atoms with Crippen LogP contribution in [0.25, 0.3) is 0 Å². The number of nitrogens with one attached hydrogen (secondary N) is 1. The van der Waals surface area contributed by atoms with Gasteiger partial charge in [0, 0.05) is 5.69 Å². The van der Waals surface area contributed by atoms with Crippen molar-refractivity contribution >= 4 is 29.2 Å². The second-order valence-electron chi connectivity index (χ2n) is 5.38. The Morgan fingerprint density at radius 1 is 1.29 bits per heavy atom. The van der Waals surface area contributed by atoms with E-state index in [9.17, 15) is 14.7 Å². The second kappa shape index (κ2) is 6.80. The molecule has 1 aromatic rings. The summed E-state index contributed by atoms with van der Waals surface area (Å²) >= 11 is 5.98. The molecule has 0 aliphatic heterocycles. The smallest absolute Gasteiger partial charge is 0.326 e. The topological polar surface area (TPSA) is 92.4 Å². The number of anilines is 1. The monoisotopic (exact) mass is 310 g/mol. The lowest BCUT2D eigenvalue weighted by molar-refractivity contribution is -0.139. The summed E-state index contributed by atoms with van der Waals surface area (Å²) in [5, 5.41) is 12.7. The highest BCUT2D eigenvalue weighted by Crippen LogP contribution is 2.30. The zero-order chi connectivity index (χ0) is 15.4. The van der Waals surface area contributed by atoms with Gasteiger partial charge in [0.2, 0.25) is 0 Å². The van der Waals surface area contributed by atoms with Gasteiger partial charge in [0.15, 0.2) is 0 Å². The van der Waals surface area contributed by atoms with Crippen molar-refractivity contribution in [2.24, 2.45) is 11.7 Å². The summed E-state index contributed by atoms with van der Waals surface area (Å²) in [5.74, 6) is -1.54. The average Bonchev–Trinajstić information content (AvgIpc) is 2.45. The number of hydrogen-bond acceptors (Lipinski definition) is 3. The summed E-state index contributed by atoms with van der Waals surface area (Å²) in [6.45, 7) is 0. The number of benzene rings is 1. The first-order chi connectivity index (χ1) is 10.0. The molecule has 0 radical (unpaired) electrons. The highest BCUT2D eigenvalue weighted by Gasteiger charge is 2.30. The van der Waals surface area contributed by atoms with Gasteiger partial charge in [-0.2, -0.15) is 0 Å². The van der Waals surface area contributed by atoms with E-state index in [0.29, 0.717) is 5.69 Å². The highest BCUT2D eigenvalue weighted by molar-refractivity contribution is 6.34. The molecule has 1 aliphatic carbocycles. The Labute approximate surface area is 128 Å². The largest absolute Gasteiger partial charge is 0.480 e. The predicted octanol–water partition coefficient (Wildman–Crippen LogP) is 2.88. The van der Waals surface area contributed by atoms with Gasteiger partial charge in [-0.25, -0.2) is 4.79 Å². The Bertz CT molecular complexity index is 542. The molecule has 1 fully saturated rings. The van der Waals surface area contributed by atoms with Gasteiger partial charge in [0.1, 0.15) is 6.04 Å². The number of halogens is 1. The van der Waals surface area contributed by atoms with Crippen LogP contribution in [0, 0.1) is 5.92 Å². The zero-order valence-electron chi connectivity index (χ0n) is 11.6. The van der Waals surface area contributed by atoms with Gasteiger partial charge in [0.25, 0.3) is 5.91 Å². The lowest BCUT2D eigenvalue weighted by Crippen LogP contribution is -2.38. The number of carboxylic acid groups (broad SMARTS) is 1. The Morgan fingerprint density at radius 3 is 2.52 bits per heavy atom. The van der Waals surface area contributed by atoms with E-state index in [1.54, 1.807) is 18.2 Å². The third-order valence-corrected chi connectivity index (χ3v) is 4.27. The van der Waals surface area contributed by atoms with Crippen LogP contribution in [0.5, 0.6) is 0 Å². The van der Waals surface area contributed by atoms with Gasteiger partial charge in [-0.15, -0.1) is 0 Å². The van der Waals surface area contributed by atoms with Crippen molar-refractivity contribution in [1.82, 2.24) is 0 Å². The first-order valence-corrected chi connectivity index (χ1v) is 7.46. The maximum absolute atomic E-state index is 11.6. The van der Waals surface area contributed by atoms with Gasteiger partial charge < -0.3 is 16.2 Å². The minimum absolute atomic E-state index is 0.0518. The van der Waals surface area contributed by atoms with Crippen molar-refractivity contribution in [2.45, 2.75) is 38.1 Å².